The quantitative estimate of drug-likeness (QED) is 0.601. The van der Waals surface area contributed by atoms with Crippen LogP contribution in [0.15, 0.2) is 42.2 Å². The summed E-state index contributed by atoms with van der Waals surface area (Å²) in [5.41, 5.74) is 4.65. The predicted molar refractivity (Wildman–Crippen MR) is 125 cm³/mol. The first-order chi connectivity index (χ1) is 14.9. The SMILES string of the molecule is COCCC1CCCC2(C1)NC(=O)C(c1c(C)ccc(-c3ccc(Cl)cc3)c1C)=C2O. The van der Waals surface area contributed by atoms with Gasteiger partial charge in [-0.2, -0.15) is 0 Å². The van der Waals surface area contributed by atoms with Gasteiger partial charge in [-0.3, -0.25) is 4.79 Å². The van der Waals surface area contributed by atoms with Crippen LogP contribution in [0.25, 0.3) is 16.7 Å². The number of aliphatic hydroxyl groups excluding tert-OH is 1. The third-order valence-corrected chi connectivity index (χ3v) is 7.18. The fraction of sp³-hybridized carbons (Fsp3) is 0.423. The maximum Gasteiger partial charge on any atom is 0.256 e. The number of carbonyl (C=O) groups is 1. The molecule has 2 aliphatic rings. The molecule has 1 aliphatic carbocycles. The Kier molecular flexibility index (Phi) is 6.14. The molecule has 31 heavy (non-hydrogen) atoms. The molecule has 2 aromatic carbocycles. The van der Waals surface area contributed by atoms with Gasteiger partial charge in [0.2, 0.25) is 0 Å². The summed E-state index contributed by atoms with van der Waals surface area (Å²) in [6.45, 7) is 4.72. The van der Waals surface area contributed by atoms with E-state index in [1.807, 2.05) is 44.2 Å². The second-order valence-corrected chi connectivity index (χ2v) is 9.38. The van der Waals surface area contributed by atoms with E-state index in [9.17, 15) is 9.90 Å². The number of nitrogens with one attached hydrogen (secondary N) is 1. The van der Waals surface area contributed by atoms with E-state index in [0.717, 1.165) is 59.9 Å². The second kappa shape index (κ2) is 8.68. The van der Waals surface area contributed by atoms with Crippen LogP contribution < -0.4 is 5.32 Å². The zero-order valence-corrected chi connectivity index (χ0v) is 19.2. The average molecular weight is 440 g/mol. The molecular formula is C26H30ClNO3. The molecule has 1 fully saturated rings. The fourth-order valence-corrected chi connectivity index (χ4v) is 5.47. The molecule has 4 nitrogen and oxygen atoms in total. The first-order valence-corrected chi connectivity index (χ1v) is 11.4. The van der Waals surface area contributed by atoms with Crippen molar-refractivity contribution in [2.45, 2.75) is 51.5 Å². The first-order valence-electron chi connectivity index (χ1n) is 11.0. The molecule has 1 spiro atoms. The van der Waals surface area contributed by atoms with E-state index in [1.54, 1.807) is 7.11 Å². The molecule has 1 aliphatic heterocycles. The lowest BCUT2D eigenvalue weighted by molar-refractivity contribution is -0.116. The molecule has 0 saturated heterocycles. The van der Waals surface area contributed by atoms with Gasteiger partial charge >= 0.3 is 0 Å². The minimum Gasteiger partial charge on any atom is -0.509 e. The molecule has 1 saturated carbocycles. The van der Waals surface area contributed by atoms with Crippen molar-refractivity contribution in [3.05, 3.63) is 63.9 Å². The molecule has 5 heteroatoms. The Morgan fingerprint density at radius 1 is 1.19 bits per heavy atom. The van der Waals surface area contributed by atoms with Crippen molar-refractivity contribution >= 4 is 23.1 Å². The van der Waals surface area contributed by atoms with Crippen LogP contribution in [0.1, 0.15) is 48.8 Å². The van der Waals surface area contributed by atoms with Crippen molar-refractivity contribution in [2.75, 3.05) is 13.7 Å². The lowest BCUT2D eigenvalue weighted by Crippen LogP contribution is -2.48. The molecule has 2 atom stereocenters. The molecule has 2 aromatic rings. The van der Waals surface area contributed by atoms with Crippen molar-refractivity contribution in [2.24, 2.45) is 5.92 Å². The Bertz CT molecular complexity index is 1030. The van der Waals surface area contributed by atoms with Gasteiger partial charge < -0.3 is 15.2 Å². The number of halogens is 1. The summed E-state index contributed by atoms with van der Waals surface area (Å²) in [5.74, 6) is 0.460. The van der Waals surface area contributed by atoms with Crippen LogP contribution in [-0.2, 0) is 9.53 Å². The maximum atomic E-state index is 13.2. The minimum absolute atomic E-state index is 0.177. The number of aliphatic hydroxyl groups is 1. The number of rotatable bonds is 5. The van der Waals surface area contributed by atoms with Crippen molar-refractivity contribution < 1.29 is 14.6 Å². The molecule has 1 amide bonds. The minimum atomic E-state index is -0.655. The Hall–Kier alpha value is -2.30. The van der Waals surface area contributed by atoms with E-state index in [2.05, 4.69) is 11.4 Å². The largest absolute Gasteiger partial charge is 0.509 e. The zero-order valence-electron chi connectivity index (χ0n) is 18.4. The van der Waals surface area contributed by atoms with E-state index < -0.39 is 5.54 Å². The van der Waals surface area contributed by atoms with Crippen LogP contribution in [0.3, 0.4) is 0 Å². The predicted octanol–water partition coefficient (Wildman–Crippen LogP) is 5.99. The van der Waals surface area contributed by atoms with Gasteiger partial charge in [-0.1, -0.05) is 48.7 Å². The van der Waals surface area contributed by atoms with Crippen LogP contribution in [-0.4, -0.2) is 30.3 Å². The third-order valence-electron chi connectivity index (χ3n) is 6.93. The smallest absolute Gasteiger partial charge is 0.256 e. The molecule has 164 valence electrons. The van der Waals surface area contributed by atoms with E-state index in [0.29, 0.717) is 23.1 Å². The first kappa shape index (κ1) is 21.9. The lowest BCUT2D eigenvalue weighted by Gasteiger charge is -2.38. The highest BCUT2D eigenvalue weighted by molar-refractivity contribution is 6.30. The second-order valence-electron chi connectivity index (χ2n) is 8.94. The van der Waals surface area contributed by atoms with E-state index >= 15 is 0 Å². The highest BCUT2D eigenvalue weighted by atomic mass is 35.5. The molecule has 1 heterocycles. The van der Waals surface area contributed by atoms with Gasteiger partial charge in [0.05, 0.1) is 11.1 Å². The van der Waals surface area contributed by atoms with Gasteiger partial charge in [0.15, 0.2) is 0 Å². The Morgan fingerprint density at radius 3 is 2.65 bits per heavy atom. The summed E-state index contributed by atoms with van der Waals surface area (Å²) in [7, 11) is 1.71. The Balaban J connectivity index is 1.77. The van der Waals surface area contributed by atoms with Gasteiger partial charge in [-0.15, -0.1) is 0 Å². The summed E-state index contributed by atoms with van der Waals surface area (Å²) >= 11 is 6.06. The molecule has 2 N–H and O–H groups in total. The highest BCUT2D eigenvalue weighted by Crippen LogP contribution is 2.45. The fourth-order valence-electron chi connectivity index (χ4n) is 5.34. The molecule has 0 radical (unpaired) electrons. The van der Waals surface area contributed by atoms with Crippen molar-refractivity contribution in [3.8, 4) is 11.1 Å². The number of amides is 1. The van der Waals surface area contributed by atoms with Crippen LogP contribution in [0, 0.1) is 19.8 Å². The van der Waals surface area contributed by atoms with Gasteiger partial charge in [-0.25, -0.2) is 0 Å². The van der Waals surface area contributed by atoms with Crippen LogP contribution in [0.2, 0.25) is 5.02 Å². The van der Waals surface area contributed by atoms with Crippen molar-refractivity contribution in [1.82, 2.24) is 5.32 Å². The van der Waals surface area contributed by atoms with E-state index in [1.165, 1.54) is 0 Å². The summed E-state index contributed by atoms with van der Waals surface area (Å²) in [6.07, 6.45) is 4.56. The Morgan fingerprint density at radius 2 is 1.94 bits per heavy atom. The number of hydrogen-bond acceptors (Lipinski definition) is 3. The topological polar surface area (TPSA) is 58.6 Å². The number of aryl methyl sites for hydroxylation is 1. The molecular weight excluding hydrogens is 410 g/mol. The number of ether oxygens (including phenoxy) is 1. The molecule has 0 aromatic heterocycles. The summed E-state index contributed by atoms with van der Waals surface area (Å²) in [5, 5.41) is 15.3. The van der Waals surface area contributed by atoms with Gasteiger partial charge in [-0.05, 0) is 79.0 Å². The monoisotopic (exact) mass is 439 g/mol. The number of methoxy groups -OCH3 is 1. The van der Waals surface area contributed by atoms with Crippen LogP contribution in [0.5, 0.6) is 0 Å². The Labute approximate surface area is 189 Å². The van der Waals surface area contributed by atoms with E-state index in [4.69, 9.17) is 16.3 Å². The number of benzene rings is 2. The molecule has 0 bridgehead atoms. The maximum absolute atomic E-state index is 13.2. The van der Waals surface area contributed by atoms with Crippen LogP contribution in [0.4, 0.5) is 0 Å². The third kappa shape index (κ3) is 3.99. The standard InChI is InChI=1S/C26H30ClNO3/c1-16-6-11-21(19-7-9-20(27)10-8-19)17(2)22(16)23-24(29)26(28-25(23)30)13-4-5-18(15-26)12-14-31-3/h6-11,18,29H,4-5,12-15H2,1-3H3,(H,28,30). The highest BCUT2D eigenvalue weighted by Gasteiger charge is 2.48. The summed E-state index contributed by atoms with van der Waals surface area (Å²) in [6, 6.07) is 11.8. The van der Waals surface area contributed by atoms with Gasteiger partial charge in [0.1, 0.15) is 5.76 Å². The normalized spacial score (nSPS) is 23.5. The zero-order chi connectivity index (χ0) is 22.2. The summed E-state index contributed by atoms with van der Waals surface area (Å²) in [4.78, 5) is 13.2. The number of hydrogen-bond donors (Lipinski definition) is 2. The van der Waals surface area contributed by atoms with Gasteiger partial charge in [0.25, 0.3) is 5.91 Å². The molecule has 2 unspecified atom stereocenters. The lowest BCUT2D eigenvalue weighted by atomic mass is 9.73. The van der Waals surface area contributed by atoms with Crippen molar-refractivity contribution in [3.63, 3.8) is 0 Å². The van der Waals surface area contributed by atoms with Crippen LogP contribution >= 0.6 is 11.6 Å². The average Bonchev–Trinajstić information content (AvgIpc) is 2.97. The number of carbonyl (C=O) groups excluding carboxylic acids is 1. The molecule has 4 rings (SSSR count). The van der Waals surface area contributed by atoms with Gasteiger partial charge in [0, 0.05) is 18.7 Å². The van der Waals surface area contributed by atoms with E-state index in [-0.39, 0.29) is 11.7 Å². The van der Waals surface area contributed by atoms with Crippen molar-refractivity contribution in [1.29, 1.82) is 0 Å². The summed E-state index contributed by atoms with van der Waals surface area (Å²) < 4.78 is 5.26.